The van der Waals surface area contributed by atoms with Gasteiger partial charge in [-0.05, 0) is 44.0 Å². The Morgan fingerprint density at radius 1 is 1.31 bits per heavy atom. The highest BCUT2D eigenvalue weighted by molar-refractivity contribution is 7.15. The van der Waals surface area contributed by atoms with Gasteiger partial charge in [-0.2, -0.15) is 0 Å². The molecule has 0 saturated carbocycles. The van der Waals surface area contributed by atoms with Gasteiger partial charge in [0.1, 0.15) is 0 Å². The number of hydrogen-bond acceptors (Lipinski definition) is 7. The molecule has 2 N–H and O–H groups in total. The normalized spacial score (nSPS) is 15.1. The van der Waals surface area contributed by atoms with Crippen molar-refractivity contribution in [2.75, 3.05) is 18.4 Å². The number of carbonyl (C=O) groups is 1. The van der Waals surface area contributed by atoms with Crippen LogP contribution in [0.25, 0.3) is 0 Å². The van der Waals surface area contributed by atoms with Gasteiger partial charge in [-0.25, -0.2) is 9.67 Å². The molecule has 0 aromatic carbocycles. The van der Waals surface area contributed by atoms with Gasteiger partial charge in [-0.15, -0.1) is 16.4 Å². The van der Waals surface area contributed by atoms with Gasteiger partial charge in [0, 0.05) is 17.3 Å². The molecular weight excluding hydrogens is 350 g/mol. The van der Waals surface area contributed by atoms with E-state index < -0.39 is 0 Å². The summed E-state index contributed by atoms with van der Waals surface area (Å²) in [6.07, 6.45) is 7.43. The summed E-state index contributed by atoms with van der Waals surface area (Å²) in [6, 6.07) is 5.67. The number of aromatic nitrogens is 5. The number of carbonyl (C=O) groups excluding carboxylic acids is 1. The molecule has 0 aliphatic carbocycles. The Morgan fingerprint density at radius 2 is 2.19 bits per heavy atom. The predicted molar refractivity (Wildman–Crippen MR) is 98.3 cm³/mol. The highest BCUT2D eigenvalue weighted by atomic mass is 32.1. The Kier molecular flexibility index (Phi) is 4.98. The molecule has 26 heavy (non-hydrogen) atoms. The highest BCUT2D eigenvalue weighted by Crippen LogP contribution is 2.31. The van der Waals surface area contributed by atoms with E-state index >= 15 is 0 Å². The third kappa shape index (κ3) is 3.94. The summed E-state index contributed by atoms with van der Waals surface area (Å²) in [7, 11) is 0. The maximum absolute atomic E-state index is 12.4. The molecule has 0 atom stereocenters. The van der Waals surface area contributed by atoms with Crippen LogP contribution < -0.4 is 10.6 Å². The first-order chi connectivity index (χ1) is 12.8. The van der Waals surface area contributed by atoms with Gasteiger partial charge in [0.2, 0.25) is 0 Å². The highest BCUT2D eigenvalue weighted by Gasteiger charge is 2.19. The summed E-state index contributed by atoms with van der Waals surface area (Å²) in [5, 5.41) is 14.7. The van der Waals surface area contributed by atoms with E-state index in [4.69, 9.17) is 0 Å². The van der Waals surface area contributed by atoms with E-state index in [1.54, 1.807) is 17.1 Å². The molecule has 4 heterocycles. The van der Waals surface area contributed by atoms with Crippen LogP contribution in [0.3, 0.4) is 0 Å². The van der Waals surface area contributed by atoms with Crippen LogP contribution in [-0.2, 0) is 6.54 Å². The molecule has 0 bridgehead atoms. The lowest BCUT2D eigenvalue weighted by Crippen LogP contribution is -2.26. The Morgan fingerprint density at radius 3 is 3.00 bits per heavy atom. The standard InChI is InChI=1S/C17H19N7OS/c25-16(14-11-24(23-22-14)10-13-3-1-2-6-19-13)21-17-20-9-15(26-17)12-4-7-18-8-5-12/h1-3,6,9,11-12,18H,4-5,7-8,10H2,(H,20,21,25). The minimum absolute atomic E-state index is 0.263. The second-order valence-electron chi connectivity index (χ2n) is 6.17. The quantitative estimate of drug-likeness (QED) is 0.713. The SMILES string of the molecule is O=C(Nc1ncc(C2CCNCC2)s1)c1cn(Cc2ccccn2)nn1. The van der Waals surface area contributed by atoms with Crippen LogP contribution in [0.4, 0.5) is 5.13 Å². The van der Waals surface area contributed by atoms with Crippen LogP contribution in [0.2, 0.25) is 0 Å². The molecule has 1 saturated heterocycles. The fraction of sp³-hybridized carbons (Fsp3) is 0.353. The van der Waals surface area contributed by atoms with E-state index in [9.17, 15) is 4.79 Å². The zero-order valence-electron chi connectivity index (χ0n) is 14.1. The van der Waals surface area contributed by atoms with Crippen molar-refractivity contribution in [1.29, 1.82) is 0 Å². The molecule has 9 heteroatoms. The van der Waals surface area contributed by atoms with Crippen LogP contribution in [0, 0.1) is 0 Å². The third-order valence-corrected chi connectivity index (χ3v) is 5.38. The lowest BCUT2D eigenvalue weighted by Gasteiger charge is -2.20. The van der Waals surface area contributed by atoms with Gasteiger partial charge >= 0.3 is 0 Å². The van der Waals surface area contributed by atoms with Crippen molar-refractivity contribution < 1.29 is 4.79 Å². The monoisotopic (exact) mass is 369 g/mol. The second kappa shape index (κ2) is 7.71. The van der Waals surface area contributed by atoms with Crippen LogP contribution in [0.1, 0.15) is 39.8 Å². The largest absolute Gasteiger partial charge is 0.317 e. The molecule has 8 nitrogen and oxygen atoms in total. The summed E-state index contributed by atoms with van der Waals surface area (Å²) in [4.78, 5) is 22.2. The second-order valence-corrected chi connectivity index (χ2v) is 7.23. The number of nitrogens with one attached hydrogen (secondary N) is 2. The number of hydrogen-bond donors (Lipinski definition) is 2. The smallest absolute Gasteiger partial charge is 0.279 e. The summed E-state index contributed by atoms with van der Waals surface area (Å²) in [5.74, 6) is 0.224. The van der Waals surface area contributed by atoms with Gasteiger partial charge in [-0.1, -0.05) is 11.3 Å². The first kappa shape index (κ1) is 16.8. The summed E-state index contributed by atoms with van der Waals surface area (Å²) >= 11 is 1.54. The third-order valence-electron chi connectivity index (χ3n) is 4.31. The maximum Gasteiger partial charge on any atom is 0.279 e. The summed E-state index contributed by atoms with van der Waals surface area (Å²) < 4.78 is 1.60. The van der Waals surface area contributed by atoms with E-state index in [1.165, 1.54) is 16.2 Å². The maximum atomic E-state index is 12.4. The fourth-order valence-electron chi connectivity index (χ4n) is 2.94. The van der Waals surface area contributed by atoms with Crippen molar-refractivity contribution >= 4 is 22.4 Å². The average molecular weight is 369 g/mol. The van der Waals surface area contributed by atoms with Crippen LogP contribution >= 0.6 is 11.3 Å². The van der Waals surface area contributed by atoms with Crippen molar-refractivity contribution in [3.8, 4) is 0 Å². The van der Waals surface area contributed by atoms with E-state index in [2.05, 4.69) is 30.9 Å². The van der Waals surface area contributed by atoms with Gasteiger partial charge < -0.3 is 5.32 Å². The molecule has 1 fully saturated rings. The molecule has 3 aromatic heterocycles. The van der Waals surface area contributed by atoms with Gasteiger partial charge in [0.05, 0.1) is 18.4 Å². The molecule has 0 spiro atoms. The lowest BCUT2D eigenvalue weighted by atomic mass is 9.97. The number of nitrogens with zero attached hydrogens (tertiary/aromatic N) is 5. The first-order valence-corrected chi connectivity index (χ1v) is 9.37. The fourth-order valence-corrected chi connectivity index (χ4v) is 3.92. The van der Waals surface area contributed by atoms with Crippen LogP contribution in [0.5, 0.6) is 0 Å². The topological polar surface area (TPSA) is 97.6 Å². The number of pyridine rings is 1. The van der Waals surface area contributed by atoms with E-state index in [0.29, 0.717) is 17.6 Å². The number of thiazole rings is 1. The van der Waals surface area contributed by atoms with Crippen LogP contribution in [-0.4, -0.2) is 44.0 Å². The molecule has 134 valence electrons. The average Bonchev–Trinajstić information content (AvgIpc) is 3.33. The Hall–Kier alpha value is -2.65. The number of rotatable bonds is 5. The van der Waals surface area contributed by atoms with E-state index in [1.807, 2.05) is 24.4 Å². The molecule has 3 aromatic rings. The van der Waals surface area contributed by atoms with Gasteiger partial charge in [0.15, 0.2) is 10.8 Å². The van der Waals surface area contributed by atoms with Crippen molar-refractivity contribution in [1.82, 2.24) is 30.3 Å². The van der Waals surface area contributed by atoms with Crippen molar-refractivity contribution in [2.45, 2.75) is 25.3 Å². The lowest BCUT2D eigenvalue weighted by molar-refractivity contribution is 0.102. The molecule has 4 rings (SSSR count). The zero-order valence-corrected chi connectivity index (χ0v) is 14.9. The zero-order chi connectivity index (χ0) is 17.8. The van der Waals surface area contributed by atoms with Crippen LogP contribution in [0.15, 0.2) is 36.8 Å². The minimum atomic E-state index is -0.302. The Balaban J connectivity index is 1.38. The molecule has 0 radical (unpaired) electrons. The molecule has 1 aliphatic rings. The minimum Gasteiger partial charge on any atom is -0.317 e. The number of piperidine rings is 1. The number of amides is 1. The molecule has 0 unspecified atom stereocenters. The molecular formula is C17H19N7OS. The summed E-state index contributed by atoms with van der Waals surface area (Å²) in [5.41, 5.74) is 1.12. The van der Waals surface area contributed by atoms with Gasteiger partial charge in [0.25, 0.3) is 5.91 Å². The number of anilines is 1. The predicted octanol–water partition coefficient (Wildman–Crippen LogP) is 1.90. The van der Waals surface area contributed by atoms with Crippen molar-refractivity contribution in [3.05, 3.63) is 53.1 Å². The van der Waals surface area contributed by atoms with E-state index in [-0.39, 0.29) is 11.6 Å². The Bertz CT molecular complexity index is 870. The first-order valence-electron chi connectivity index (χ1n) is 8.56. The van der Waals surface area contributed by atoms with Crippen molar-refractivity contribution in [2.24, 2.45) is 0 Å². The van der Waals surface area contributed by atoms with Crippen molar-refractivity contribution in [3.63, 3.8) is 0 Å². The van der Waals surface area contributed by atoms with Gasteiger partial charge in [-0.3, -0.25) is 15.1 Å². The summed E-state index contributed by atoms with van der Waals surface area (Å²) in [6.45, 7) is 2.53. The molecule has 1 amide bonds. The van der Waals surface area contributed by atoms with E-state index in [0.717, 1.165) is 31.6 Å². The Labute approximate surface area is 154 Å². The molecule has 1 aliphatic heterocycles.